The highest BCUT2D eigenvalue weighted by Gasteiger charge is 1.95. The lowest BCUT2D eigenvalue weighted by Crippen LogP contribution is -1.97. The van der Waals surface area contributed by atoms with E-state index >= 15 is 0 Å². The minimum Gasteiger partial charge on any atom is -0.537 e. The van der Waals surface area contributed by atoms with Crippen LogP contribution in [0.4, 0.5) is 0 Å². The quantitative estimate of drug-likeness (QED) is 0.621. The summed E-state index contributed by atoms with van der Waals surface area (Å²) in [6, 6.07) is 1.86. The van der Waals surface area contributed by atoms with Crippen molar-refractivity contribution in [2.24, 2.45) is 0 Å². The molecule has 0 amide bonds. The Labute approximate surface area is 58.4 Å². The summed E-state index contributed by atoms with van der Waals surface area (Å²) in [6.07, 6.45) is 0. The first-order valence-corrected chi connectivity index (χ1v) is 3.38. The molecule has 1 aromatic heterocycles. The maximum Gasteiger partial charge on any atom is 0.569 e. The fraction of sp³-hybridized carbons (Fsp3) is 0.200. The second-order valence-electron chi connectivity index (χ2n) is 1.62. The fourth-order valence-corrected chi connectivity index (χ4v) is 1.15. The molecule has 0 aromatic carbocycles. The maximum atomic E-state index is 8.19. The molecule has 0 aliphatic heterocycles. The summed E-state index contributed by atoms with van der Waals surface area (Å²) < 4.78 is 4.67. The van der Waals surface area contributed by atoms with Gasteiger partial charge in [0.15, 0.2) is 0 Å². The third-order valence-corrected chi connectivity index (χ3v) is 1.74. The zero-order valence-corrected chi connectivity index (χ0v) is 5.81. The van der Waals surface area contributed by atoms with Gasteiger partial charge in [-0.15, -0.1) is 11.3 Å². The first-order chi connectivity index (χ1) is 4.33. The largest absolute Gasteiger partial charge is 0.569 e. The summed E-state index contributed by atoms with van der Waals surface area (Å²) in [5.74, 6) is 0.694. The van der Waals surface area contributed by atoms with E-state index in [1.807, 2.05) is 18.4 Å². The summed E-state index contributed by atoms with van der Waals surface area (Å²) in [5.41, 5.74) is 0. The predicted molar refractivity (Wildman–Crippen MR) is 37.7 cm³/mol. The third kappa shape index (κ3) is 1.73. The van der Waals surface area contributed by atoms with Gasteiger partial charge in [-0.2, -0.15) is 0 Å². The van der Waals surface area contributed by atoms with Crippen LogP contribution in [-0.4, -0.2) is 12.7 Å². The lowest BCUT2D eigenvalue weighted by Gasteiger charge is -1.91. The second kappa shape index (κ2) is 2.89. The van der Waals surface area contributed by atoms with E-state index < -0.39 is 0 Å². The molecule has 0 fully saturated rings. The standard InChI is InChI=1S/C5H6BO2S/c1-4-2-5(3-9-4)8-6-7/h2-3,7H,1H3. The summed E-state index contributed by atoms with van der Waals surface area (Å²) in [6.45, 7) is 1.98. The average Bonchev–Trinajstić information content (AvgIpc) is 2.17. The average molecular weight is 141 g/mol. The number of hydrogen-bond donors (Lipinski definition) is 1. The van der Waals surface area contributed by atoms with Gasteiger partial charge in [0, 0.05) is 10.3 Å². The Hall–Kier alpha value is -0.475. The highest BCUT2D eigenvalue weighted by molar-refractivity contribution is 7.10. The summed E-state index contributed by atoms with van der Waals surface area (Å²) >= 11 is 1.59. The number of hydrogen-bond acceptors (Lipinski definition) is 3. The van der Waals surface area contributed by atoms with E-state index in [0.29, 0.717) is 13.4 Å². The molecule has 1 N–H and O–H groups in total. The Morgan fingerprint density at radius 2 is 2.56 bits per heavy atom. The monoisotopic (exact) mass is 141 g/mol. The van der Waals surface area contributed by atoms with Gasteiger partial charge in [0.2, 0.25) is 0 Å². The Bertz CT molecular complexity index is 187. The second-order valence-corrected chi connectivity index (χ2v) is 2.73. The Kier molecular flexibility index (Phi) is 2.13. The summed E-state index contributed by atoms with van der Waals surface area (Å²) in [4.78, 5) is 1.17. The van der Waals surface area contributed by atoms with Crippen molar-refractivity contribution in [1.29, 1.82) is 0 Å². The Balaban J connectivity index is 2.61. The first-order valence-electron chi connectivity index (χ1n) is 2.50. The molecule has 2 nitrogen and oxygen atoms in total. The SMILES string of the molecule is Cc1cc(O[B]O)cs1. The molecule has 1 radical (unpaired) electrons. The molecule has 0 aliphatic carbocycles. The molecule has 0 spiro atoms. The van der Waals surface area contributed by atoms with Gasteiger partial charge < -0.3 is 9.68 Å². The van der Waals surface area contributed by atoms with Gasteiger partial charge in [-0.3, -0.25) is 0 Å². The van der Waals surface area contributed by atoms with Gasteiger partial charge in [0.05, 0.1) is 0 Å². The molecule has 0 saturated heterocycles. The molecule has 0 aliphatic rings. The number of thiophene rings is 1. The van der Waals surface area contributed by atoms with E-state index in [2.05, 4.69) is 4.65 Å². The van der Waals surface area contributed by atoms with Crippen molar-refractivity contribution in [2.45, 2.75) is 6.92 Å². The van der Waals surface area contributed by atoms with Gasteiger partial charge in [-0.05, 0) is 13.0 Å². The summed E-state index contributed by atoms with van der Waals surface area (Å²) in [5, 5.41) is 10.0. The van der Waals surface area contributed by atoms with Crippen molar-refractivity contribution in [3.8, 4) is 5.75 Å². The van der Waals surface area contributed by atoms with Crippen molar-refractivity contribution in [3.05, 3.63) is 16.3 Å². The van der Waals surface area contributed by atoms with Crippen LogP contribution < -0.4 is 4.65 Å². The topological polar surface area (TPSA) is 29.5 Å². The molecule has 4 heteroatoms. The van der Waals surface area contributed by atoms with Crippen molar-refractivity contribution < 1.29 is 9.68 Å². The zero-order chi connectivity index (χ0) is 6.69. The molecule has 0 saturated carbocycles. The smallest absolute Gasteiger partial charge is 0.537 e. The summed E-state index contributed by atoms with van der Waals surface area (Å²) in [7, 11) is 0.682. The first kappa shape index (κ1) is 6.64. The molecular weight excluding hydrogens is 135 g/mol. The van der Waals surface area contributed by atoms with Gasteiger partial charge in [0.25, 0.3) is 0 Å². The minimum absolute atomic E-state index is 0.682. The van der Waals surface area contributed by atoms with E-state index in [9.17, 15) is 0 Å². The molecule has 9 heavy (non-hydrogen) atoms. The van der Waals surface area contributed by atoms with E-state index in [0.717, 1.165) is 0 Å². The van der Waals surface area contributed by atoms with Crippen LogP contribution in [0.2, 0.25) is 0 Å². The van der Waals surface area contributed by atoms with E-state index in [1.165, 1.54) is 4.88 Å². The van der Waals surface area contributed by atoms with Gasteiger partial charge in [-0.1, -0.05) is 0 Å². The van der Waals surface area contributed by atoms with Crippen molar-refractivity contribution in [3.63, 3.8) is 0 Å². The predicted octanol–water partition coefficient (Wildman–Crippen LogP) is 0.962. The van der Waals surface area contributed by atoms with Crippen LogP contribution in [0.15, 0.2) is 11.4 Å². The normalized spacial score (nSPS) is 9.11. The fourth-order valence-electron chi connectivity index (χ4n) is 0.542. The van der Waals surface area contributed by atoms with Gasteiger partial charge in [0.1, 0.15) is 5.75 Å². The van der Waals surface area contributed by atoms with Crippen LogP contribution in [0.25, 0.3) is 0 Å². The Morgan fingerprint density at radius 1 is 1.78 bits per heavy atom. The third-order valence-electron chi connectivity index (χ3n) is 0.895. The van der Waals surface area contributed by atoms with Crippen molar-refractivity contribution in [2.75, 3.05) is 0 Å². The van der Waals surface area contributed by atoms with Gasteiger partial charge in [-0.25, -0.2) is 0 Å². The van der Waals surface area contributed by atoms with E-state index in [4.69, 9.17) is 5.02 Å². The lowest BCUT2D eigenvalue weighted by molar-refractivity contribution is 0.455. The number of aryl methyl sites for hydroxylation is 1. The van der Waals surface area contributed by atoms with Crippen LogP contribution in [0, 0.1) is 6.92 Å². The van der Waals surface area contributed by atoms with E-state index in [-0.39, 0.29) is 0 Å². The zero-order valence-electron chi connectivity index (χ0n) is 5.00. The molecule has 1 rings (SSSR count). The molecule has 0 bridgehead atoms. The van der Waals surface area contributed by atoms with Gasteiger partial charge >= 0.3 is 7.69 Å². The van der Waals surface area contributed by atoms with Crippen LogP contribution in [0.5, 0.6) is 5.75 Å². The molecular formula is C5H6BO2S. The Morgan fingerprint density at radius 3 is 3.00 bits per heavy atom. The molecule has 0 atom stereocenters. The van der Waals surface area contributed by atoms with Crippen LogP contribution in [0.1, 0.15) is 4.88 Å². The minimum atomic E-state index is 0.682. The van der Waals surface area contributed by atoms with Crippen molar-refractivity contribution in [1.82, 2.24) is 0 Å². The molecule has 0 unspecified atom stereocenters. The molecule has 1 heterocycles. The van der Waals surface area contributed by atoms with Crippen LogP contribution in [0.3, 0.4) is 0 Å². The van der Waals surface area contributed by atoms with Crippen LogP contribution in [-0.2, 0) is 0 Å². The highest BCUT2D eigenvalue weighted by atomic mass is 32.1. The molecule has 1 aromatic rings. The van der Waals surface area contributed by atoms with E-state index in [1.54, 1.807) is 11.3 Å². The highest BCUT2D eigenvalue weighted by Crippen LogP contribution is 2.19. The maximum absolute atomic E-state index is 8.19. The lowest BCUT2D eigenvalue weighted by atomic mass is 10.4. The van der Waals surface area contributed by atoms with Crippen molar-refractivity contribution >= 4 is 19.0 Å². The van der Waals surface area contributed by atoms with Crippen LogP contribution >= 0.6 is 11.3 Å². The molecule has 47 valence electrons. The number of rotatable bonds is 2.